The van der Waals surface area contributed by atoms with Crippen molar-refractivity contribution >= 4 is 30.7 Å². The van der Waals surface area contributed by atoms with Crippen LogP contribution in [0.15, 0.2) is 48.5 Å². The van der Waals surface area contributed by atoms with Gasteiger partial charge < -0.3 is 4.74 Å². The third-order valence-corrected chi connectivity index (χ3v) is 5.97. The Morgan fingerprint density at radius 3 is 2.00 bits per heavy atom. The lowest BCUT2D eigenvalue weighted by Gasteiger charge is -2.14. The van der Waals surface area contributed by atoms with Crippen LogP contribution in [0, 0.1) is 0 Å². The Balaban J connectivity index is 1.98. The Hall–Kier alpha value is -1.39. The highest BCUT2D eigenvalue weighted by atomic mass is 79.9. The van der Waals surface area contributed by atoms with Gasteiger partial charge in [-0.05, 0) is 49.1 Å². The van der Waals surface area contributed by atoms with E-state index in [1.807, 2.05) is 24.3 Å². The van der Waals surface area contributed by atoms with Crippen LogP contribution in [0.2, 0.25) is 19.1 Å². The Morgan fingerprint density at radius 2 is 1.52 bits per heavy atom. The van der Waals surface area contributed by atoms with Gasteiger partial charge in [-0.2, -0.15) is 0 Å². The molecule has 0 aliphatic heterocycles. The second-order valence-electron chi connectivity index (χ2n) is 7.37. The van der Waals surface area contributed by atoms with Gasteiger partial charge in [0.2, 0.25) is 0 Å². The minimum Gasteiger partial charge on any atom is -0.426 e. The summed E-state index contributed by atoms with van der Waals surface area (Å²) in [6.07, 6.45) is 2.47. The number of halogens is 1. The van der Waals surface area contributed by atoms with Crippen molar-refractivity contribution in [3.8, 4) is 16.9 Å². The molecule has 2 nitrogen and oxygen atoms in total. The topological polar surface area (TPSA) is 26.3 Å². The molecular formula is C21H27BrO2Si. The molecule has 0 heterocycles. The predicted octanol–water partition coefficient (Wildman–Crippen LogP) is 5.85. The molecule has 0 aliphatic carbocycles. The van der Waals surface area contributed by atoms with Crippen LogP contribution in [-0.4, -0.2) is 19.1 Å². The molecule has 0 aromatic heterocycles. The van der Waals surface area contributed by atoms with E-state index in [4.69, 9.17) is 4.74 Å². The van der Waals surface area contributed by atoms with Crippen molar-refractivity contribution in [3.05, 3.63) is 54.1 Å². The molecule has 2 rings (SSSR count). The summed E-state index contributed by atoms with van der Waals surface area (Å²) < 4.78 is 4.69. The zero-order valence-electron chi connectivity index (χ0n) is 15.5. The molecule has 0 radical (unpaired) electrons. The number of ether oxygens (including phenoxy) is 1. The number of alkyl halides is 1. The van der Waals surface area contributed by atoms with Gasteiger partial charge in [0.1, 0.15) is 10.1 Å². The maximum Gasteiger partial charge on any atom is 0.327 e. The third kappa shape index (κ3) is 6.44. The molecule has 0 spiro atoms. The van der Waals surface area contributed by atoms with Crippen LogP contribution >= 0.6 is 15.9 Å². The zero-order chi connectivity index (χ0) is 18.4. The highest BCUT2D eigenvalue weighted by Gasteiger charge is 2.25. The molecule has 134 valence electrons. The highest BCUT2D eigenvalue weighted by Crippen LogP contribution is 2.25. The molecular weight excluding hydrogens is 392 g/mol. The molecule has 0 amide bonds. The van der Waals surface area contributed by atoms with Gasteiger partial charge in [-0.1, -0.05) is 77.9 Å². The van der Waals surface area contributed by atoms with Crippen molar-refractivity contribution in [1.82, 2.24) is 0 Å². The number of esters is 1. The normalized spacial score (nSPS) is 11.6. The van der Waals surface area contributed by atoms with Crippen molar-refractivity contribution in [2.24, 2.45) is 0 Å². The molecule has 0 aliphatic rings. The number of hydrogen-bond donors (Lipinski definition) is 0. The lowest BCUT2D eigenvalue weighted by Crippen LogP contribution is -2.29. The number of rotatable bonds is 7. The van der Waals surface area contributed by atoms with E-state index in [1.165, 1.54) is 30.0 Å². The van der Waals surface area contributed by atoms with Crippen LogP contribution in [0.3, 0.4) is 0 Å². The van der Waals surface area contributed by atoms with E-state index < -0.39 is 13.1 Å². The molecule has 25 heavy (non-hydrogen) atoms. The van der Waals surface area contributed by atoms with Crippen LogP contribution in [0.4, 0.5) is 0 Å². The fourth-order valence-corrected chi connectivity index (χ4v) is 3.62. The predicted molar refractivity (Wildman–Crippen MR) is 113 cm³/mol. The van der Waals surface area contributed by atoms with Crippen molar-refractivity contribution in [2.45, 2.75) is 50.2 Å². The first-order valence-corrected chi connectivity index (χ1v) is 12.8. The van der Waals surface area contributed by atoms with Crippen molar-refractivity contribution in [1.29, 1.82) is 0 Å². The van der Waals surface area contributed by atoms with Gasteiger partial charge in [-0.25, -0.2) is 0 Å². The van der Waals surface area contributed by atoms with Crippen LogP contribution in [0.5, 0.6) is 5.75 Å². The number of benzene rings is 2. The summed E-state index contributed by atoms with van der Waals surface area (Å²) in [5, 5.41) is 0. The largest absolute Gasteiger partial charge is 0.426 e. The van der Waals surface area contributed by atoms with E-state index in [9.17, 15) is 4.79 Å². The minimum atomic E-state index is -0.681. The molecule has 0 N–H and O–H groups in total. The summed E-state index contributed by atoms with van der Waals surface area (Å²) in [4.78, 5) is 11.9. The molecule has 2 aromatic rings. The first-order chi connectivity index (χ1) is 11.8. The molecule has 0 atom stereocenters. The van der Waals surface area contributed by atoms with E-state index in [0.717, 1.165) is 5.56 Å². The Morgan fingerprint density at radius 1 is 1.00 bits per heavy atom. The van der Waals surface area contributed by atoms with E-state index in [-0.39, 0.29) is 5.97 Å². The quantitative estimate of drug-likeness (QED) is 0.244. The summed E-state index contributed by atoms with van der Waals surface area (Å²) in [5.74, 6) is 0.268. The summed E-state index contributed by atoms with van der Waals surface area (Å²) in [6.45, 7) is 8.36. The van der Waals surface area contributed by atoms with Crippen molar-refractivity contribution in [2.75, 3.05) is 0 Å². The van der Waals surface area contributed by atoms with Crippen molar-refractivity contribution < 1.29 is 9.53 Å². The maximum atomic E-state index is 11.9. The monoisotopic (exact) mass is 418 g/mol. The molecule has 0 unspecified atom stereocenters. The van der Waals surface area contributed by atoms with E-state index in [0.29, 0.717) is 5.75 Å². The fourth-order valence-electron chi connectivity index (χ4n) is 2.52. The molecule has 0 fully saturated rings. The number of aryl methyl sites for hydroxylation is 1. The first-order valence-electron chi connectivity index (χ1n) is 8.86. The van der Waals surface area contributed by atoms with Crippen molar-refractivity contribution in [3.63, 3.8) is 0 Å². The average Bonchev–Trinajstić information content (AvgIpc) is 2.55. The lowest BCUT2D eigenvalue weighted by molar-refractivity contribution is -0.136. The van der Waals surface area contributed by atoms with Crippen LogP contribution in [0.25, 0.3) is 11.1 Å². The van der Waals surface area contributed by atoms with Gasteiger partial charge >= 0.3 is 5.97 Å². The van der Waals surface area contributed by atoms with Gasteiger partial charge in [-0.3, -0.25) is 4.79 Å². The molecule has 4 heteroatoms. The summed E-state index contributed by atoms with van der Waals surface area (Å²) in [7, 11) is -0.436. The first kappa shape index (κ1) is 19.9. The van der Waals surface area contributed by atoms with Gasteiger partial charge in [0.25, 0.3) is 0 Å². The second-order valence-corrected chi connectivity index (χ2v) is 12.7. The molecule has 0 saturated carbocycles. The van der Waals surface area contributed by atoms with Gasteiger partial charge in [0.15, 0.2) is 0 Å². The third-order valence-electron chi connectivity index (χ3n) is 4.08. The SMILES string of the molecule is C[SiH](C)CCCc1ccc(-c2ccc(OC(=O)C(C)(C)Br)cc2)cc1. The molecule has 2 aromatic carbocycles. The standard InChI is InChI=1S/C21H27BrO2Si/c1-21(2,22)20(23)24-19-13-11-18(12-14-19)17-9-7-16(8-10-17)6-5-15-25(3)4/h7-14,25H,5-6,15H2,1-4H3. The van der Waals surface area contributed by atoms with Crippen LogP contribution < -0.4 is 4.74 Å². The molecule has 0 saturated heterocycles. The summed E-state index contributed by atoms with van der Waals surface area (Å²) >= 11 is 3.31. The van der Waals surface area contributed by atoms with E-state index in [1.54, 1.807) is 13.8 Å². The summed E-state index contributed by atoms with van der Waals surface area (Å²) in [6, 6.07) is 17.9. The summed E-state index contributed by atoms with van der Waals surface area (Å²) in [5.41, 5.74) is 3.71. The zero-order valence-corrected chi connectivity index (χ0v) is 18.3. The number of carbonyl (C=O) groups is 1. The minimum absolute atomic E-state index is 0.297. The fraction of sp³-hybridized carbons (Fsp3) is 0.381. The smallest absolute Gasteiger partial charge is 0.327 e. The number of hydrogen-bond acceptors (Lipinski definition) is 2. The molecule has 0 bridgehead atoms. The van der Waals surface area contributed by atoms with Crippen LogP contribution in [0.1, 0.15) is 25.8 Å². The second kappa shape index (κ2) is 8.81. The van der Waals surface area contributed by atoms with Gasteiger partial charge in [0.05, 0.1) is 0 Å². The Labute approximate surface area is 161 Å². The van der Waals surface area contributed by atoms with Crippen LogP contribution in [-0.2, 0) is 11.2 Å². The van der Waals surface area contributed by atoms with E-state index in [2.05, 4.69) is 53.3 Å². The van der Waals surface area contributed by atoms with Gasteiger partial charge in [0, 0.05) is 8.80 Å². The van der Waals surface area contributed by atoms with Gasteiger partial charge in [-0.15, -0.1) is 0 Å². The Kier molecular flexibility index (Phi) is 7.02. The van der Waals surface area contributed by atoms with E-state index >= 15 is 0 Å². The average molecular weight is 419 g/mol. The Bertz CT molecular complexity index is 685. The number of carbonyl (C=O) groups excluding carboxylic acids is 1. The highest BCUT2D eigenvalue weighted by molar-refractivity contribution is 9.10. The maximum absolute atomic E-state index is 11.9. The lowest BCUT2D eigenvalue weighted by atomic mass is 10.0.